The highest BCUT2D eigenvalue weighted by molar-refractivity contribution is 6.31. The number of carbonyl (C=O) groups excluding carboxylic acids is 1. The molecule has 1 aliphatic rings. The van der Waals surface area contributed by atoms with Gasteiger partial charge in [-0.15, -0.1) is 0 Å². The van der Waals surface area contributed by atoms with Gasteiger partial charge in [0.15, 0.2) is 0 Å². The lowest BCUT2D eigenvalue weighted by molar-refractivity contribution is 0.0767. The number of hydrogen-bond acceptors (Lipinski definition) is 4. The number of anilines is 1. The predicted octanol–water partition coefficient (Wildman–Crippen LogP) is 4.25. The van der Waals surface area contributed by atoms with Gasteiger partial charge in [0.25, 0.3) is 5.91 Å². The van der Waals surface area contributed by atoms with Crippen molar-refractivity contribution in [2.75, 3.05) is 31.1 Å². The van der Waals surface area contributed by atoms with E-state index in [4.69, 9.17) is 11.6 Å². The topological polar surface area (TPSA) is 60.2 Å². The molecule has 0 unspecified atom stereocenters. The molecule has 7 heteroatoms. The number of halogens is 2. The second-order valence-electron chi connectivity index (χ2n) is 6.93. The van der Waals surface area contributed by atoms with Crippen LogP contribution in [0.2, 0.25) is 5.02 Å². The van der Waals surface area contributed by atoms with Crippen LogP contribution in [0.4, 0.5) is 10.1 Å². The van der Waals surface area contributed by atoms with Crippen molar-refractivity contribution in [3.05, 3.63) is 70.6 Å². The monoisotopic (exact) mass is 408 g/mol. The average Bonchev–Trinajstić information content (AvgIpc) is 2.99. The number of hydrogen-bond donors (Lipinski definition) is 0. The normalized spacial score (nSPS) is 14.5. The summed E-state index contributed by atoms with van der Waals surface area (Å²) in [6.07, 6.45) is 2.33. The van der Waals surface area contributed by atoms with E-state index < -0.39 is 0 Å². The second kappa shape index (κ2) is 8.06. The first-order valence-corrected chi connectivity index (χ1v) is 9.73. The zero-order chi connectivity index (χ0) is 20.4. The summed E-state index contributed by atoms with van der Waals surface area (Å²) in [7, 11) is 0. The fourth-order valence-electron chi connectivity index (χ4n) is 3.69. The lowest BCUT2D eigenvalue weighted by Gasteiger charge is -2.26. The van der Waals surface area contributed by atoms with Crippen LogP contribution in [0.5, 0.6) is 0 Å². The molecule has 0 radical (unpaired) electrons. The number of nitrogens with zero attached hydrogens (tertiary/aromatic N) is 4. The molecule has 0 N–H and O–H groups in total. The molecule has 5 nitrogen and oxygen atoms in total. The molecule has 0 atom stereocenters. The highest BCUT2D eigenvalue weighted by Gasteiger charge is 2.23. The summed E-state index contributed by atoms with van der Waals surface area (Å²) in [5.74, 6) is -0.481. The van der Waals surface area contributed by atoms with Crippen molar-refractivity contribution in [2.45, 2.75) is 6.42 Å². The highest BCUT2D eigenvalue weighted by Crippen LogP contribution is 2.32. The van der Waals surface area contributed by atoms with Crippen molar-refractivity contribution in [1.29, 1.82) is 5.26 Å². The fraction of sp³-hybridized carbons (Fsp3) is 0.227. The maximum atomic E-state index is 13.2. The number of aromatic nitrogens is 1. The minimum absolute atomic E-state index is 0.116. The molecule has 2 heterocycles. The van der Waals surface area contributed by atoms with Crippen molar-refractivity contribution in [2.24, 2.45) is 0 Å². The molecule has 2 aromatic carbocycles. The first kappa shape index (κ1) is 19.2. The smallest absolute Gasteiger partial charge is 0.253 e. The first-order valence-electron chi connectivity index (χ1n) is 9.35. The second-order valence-corrected chi connectivity index (χ2v) is 7.37. The van der Waals surface area contributed by atoms with Crippen LogP contribution in [0.3, 0.4) is 0 Å². The Balaban J connectivity index is 1.62. The third-order valence-corrected chi connectivity index (χ3v) is 5.35. The average molecular weight is 409 g/mol. The molecule has 1 fully saturated rings. The molecule has 0 aliphatic carbocycles. The molecule has 3 aromatic rings. The number of carbonyl (C=O) groups is 1. The molecule has 146 valence electrons. The molecule has 4 rings (SSSR count). The van der Waals surface area contributed by atoms with Crippen LogP contribution in [0.1, 0.15) is 22.3 Å². The lowest BCUT2D eigenvalue weighted by atomic mass is 10.1. The van der Waals surface area contributed by atoms with E-state index in [0.29, 0.717) is 42.3 Å². The number of fused-ring (bicyclic) bond motifs is 1. The summed E-state index contributed by atoms with van der Waals surface area (Å²) in [4.78, 5) is 21.0. The van der Waals surface area contributed by atoms with E-state index in [1.807, 2.05) is 12.1 Å². The van der Waals surface area contributed by atoms with Gasteiger partial charge < -0.3 is 9.80 Å². The molecule has 0 bridgehead atoms. The third-order valence-electron chi connectivity index (χ3n) is 5.11. The Morgan fingerprint density at radius 2 is 1.90 bits per heavy atom. The molecule has 1 aromatic heterocycles. The van der Waals surface area contributed by atoms with Crippen LogP contribution in [-0.4, -0.2) is 42.0 Å². The van der Waals surface area contributed by atoms with Crippen LogP contribution >= 0.6 is 11.6 Å². The van der Waals surface area contributed by atoms with Crippen LogP contribution in [-0.2, 0) is 0 Å². The maximum Gasteiger partial charge on any atom is 0.253 e. The van der Waals surface area contributed by atoms with E-state index in [0.717, 1.165) is 23.0 Å². The van der Waals surface area contributed by atoms with Gasteiger partial charge in [-0.1, -0.05) is 11.6 Å². The predicted molar refractivity (Wildman–Crippen MR) is 111 cm³/mol. The van der Waals surface area contributed by atoms with Gasteiger partial charge in [0.1, 0.15) is 11.9 Å². The Morgan fingerprint density at radius 1 is 1.10 bits per heavy atom. The number of benzene rings is 2. The van der Waals surface area contributed by atoms with E-state index in [2.05, 4.69) is 16.0 Å². The molecular weight excluding hydrogens is 391 g/mol. The molecule has 1 aliphatic heterocycles. The van der Waals surface area contributed by atoms with Crippen molar-refractivity contribution in [1.82, 2.24) is 9.88 Å². The van der Waals surface area contributed by atoms with E-state index in [1.165, 1.54) is 24.3 Å². The first-order chi connectivity index (χ1) is 14.1. The van der Waals surface area contributed by atoms with Crippen LogP contribution in [0.25, 0.3) is 10.9 Å². The van der Waals surface area contributed by atoms with Crippen molar-refractivity contribution >= 4 is 34.1 Å². The minimum Gasteiger partial charge on any atom is -0.368 e. The van der Waals surface area contributed by atoms with Gasteiger partial charge in [-0.25, -0.2) is 4.39 Å². The zero-order valence-corrected chi connectivity index (χ0v) is 16.4. The quantitative estimate of drug-likeness (QED) is 0.636. The largest absolute Gasteiger partial charge is 0.368 e. The molecule has 1 saturated heterocycles. The summed E-state index contributed by atoms with van der Waals surface area (Å²) in [5, 5.41) is 11.0. The summed E-state index contributed by atoms with van der Waals surface area (Å²) < 4.78 is 13.2. The van der Waals surface area contributed by atoms with Crippen LogP contribution in [0, 0.1) is 17.1 Å². The van der Waals surface area contributed by atoms with E-state index in [1.54, 1.807) is 17.2 Å². The Morgan fingerprint density at radius 3 is 2.66 bits per heavy atom. The number of pyridine rings is 1. The van der Waals surface area contributed by atoms with Gasteiger partial charge in [0.2, 0.25) is 0 Å². The van der Waals surface area contributed by atoms with E-state index in [9.17, 15) is 14.4 Å². The highest BCUT2D eigenvalue weighted by atomic mass is 35.5. The lowest BCUT2D eigenvalue weighted by Crippen LogP contribution is -2.35. The number of rotatable bonds is 2. The molecule has 1 amide bonds. The van der Waals surface area contributed by atoms with Gasteiger partial charge in [-0.3, -0.25) is 9.78 Å². The summed E-state index contributed by atoms with van der Waals surface area (Å²) in [6.45, 7) is 2.38. The Hall–Kier alpha value is -3.17. The fourth-order valence-corrected chi connectivity index (χ4v) is 3.86. The van der Waals surface area contributed by atoms with Crippen molar-refractivity contribution < 1.29 is 9.18 Å². The third kappa shape index (κ3) is 3.87. The molecule has 29 heavy (non-hydrogen) atoms. The van der Waals surface area contributed by atoms with Crippen molar-refractivity contribution in [3.63, 3.8) is 0 Å². The van der Waals surface area contributed by atoms with Gasteiger partial charge in [0.05, 0.1) is 16.8 Å². The summed E-state index contributed by atoms with van der Waals surface area (Å²) in [6, 6.07) is 13.3. The van der Waals surface area contributed by atoms with Crippen LogP contribution in [0.15, 0.2) is 48.7 Å². The molecule has 0 spiro atoms. The van der Waals surface area contributed by atoms with Gasteiger partial charge in [0, 0.05) is 48.3 Å². The van der Waals surface area contributed by atoms with Gasteiger partial charge >= 0.3 is 0 Å². The Bertz CT molecular complexity index is 1110. The Labute approximate surface area is 172 Å². The van der Waals surface area contributed by atoms with Crippen LogP contribution < -0.4 is 4.90 Å². The van der Waals surface area contributed by atoms with Gasteiger partial charge in [-0.2, -0.15) is 5.26 Å². The van der Waals surface area contributed by atoms with E-state index >= 15 is 0 Å². The SMILES string of the molecule is N#Cc1cnc2ccc(Cl)cc2c1N1CCCN(C(=O)c2ccc(F)cc2)CC1. The van der Waals surface area contributed by atoms with Gasteiger partial charge in [-0.05, 0) is 48.9 Å². The maximum absolute atomic E-state index is 13.2. The Kier molecular flexibility index (Phi) is 5.32. The number of amides is 1. The minimum atomic E-state index is -0.365. The van der Waals surface area contributed by atoms with E-state index in [-0.39, 0.29) is 11.7 Å². The summed E-state index contributed by atoms with van der Waals surface area (Å²) in [5.41, 5.74) is 2.53. The molecular formula is C22H18ClFN4O. The van der Waals surface area contributed by atoms with Crippen molar-refractivity contribution in [3.8, 4) is 6.07 Å². The molecule has 0 saturated carbocycles. The standard InChI is InChI=1S/C22H18ClFN4O/c23-17-4-7-20-19(12-17)21(16(13-25)14-26-20)27-8-1-9-28(11-10-27)22(29)15-2-5-18(24)6-3-15/h2-7,12,14H,1,8-11H2. The zero-order valence-electron chi connectivity index (χ0n) is 15.6. The number of nitriles is 1. The summed E-state index contributed by atoms with van der Waals surface area (Å²) >= 11 is 6.19.